The highest BCUT2D eigenvalue weighted by molar-refractivity contribution is 14.0. The number of guanidine groups is 1. The Hall–Kier alpha value is -2.10. The quantitative estimate of drug-likeness (QED) is 0.301. The molecule has 0 spiro atoms. The van der Waals surface area contributed by atoms with Gasteiger partial charge in [0, 0.05) is 18.1 Å². The average molecular weight is 475 g/mol. The molecule has 1 aliphatic heterocycles. The Labute approximate surface area is 167 Å². The molecule has 26 heavy (non-hydrogen) atoms. The van der Waals surface area contributed by atoms with Crippen molar-refractivity contribution in [2.24, 2.45) is 10.7 Å². The van der Waals surface area contributed by atoms with E-state index in [0.29, 0.717) is 6.61 Å². The third kappa shape index (κ3) is 5.20. The van der Waals surface area contributed by atoms with Crippen molar-refractivity contribution in [1.82, 2.24) is 5.32 Å². The lowest BCUT2D eigenvalue weighted by molar-refractivity contribution is 0.262. The maximum Gasteiger partial charge on any atom is 0.189 e. The van der Waals surface area contributed by atoms with E-state index >= 15 is 0 Å². The SMILES string of the molecule is I.NC(=NCCOc1ccc(F)cc1F)NC1CCOc2ccccc21. The van der Waals surface area contributed by atoms with Crippen LogP contribution < -0.4 is 20.5 Å². The number of rotatable bonds is 5. The number of nitrogens with one attached hydrogen (secondary N) is 1. The normalized spacial score (nSPS) is 16.1. The topological polar surface area (TPSA) is 68.9 Å². The number of nitrogens with zero attached hydrogens (tertiary/aromatic N) is 1. The fraction of sp³-hybridized carbons (Fsp3) is 0.278. The van der Waals surface area contributed by atoms with Gasteiger partial charge in [-0.15, -0.1) is 24.0 Å². The van der Waals surface area contributed by atoms with Gasteiger partial charge in [0.05, 0.1) is 19.2 Å². The van der Waals surface area contributed by atoms with E-state index in [4.69, 9.17) is 15.2 Å². The monoisotopic (exact) mass is 475 g/mol. The molecule has 8 heteroatoms. The fourth-order valence-corrected chi connectivity index (χ4v) is 2.63. The lowest BCUT2D eigenvalue weighted by Gasteiger charge is -2.26. The molecule has 0 saturated carbocycles. The predicted octanol–water partition coefficient (Wildman–Crippen LogP) is 3.39. The van der Waals surface area contributed by atoms with Gasteiger partial charge in [-0.2, -0.15) is 0 Å². The van der Waals surface area contributed by atoms with E-state index in [1.54, 1.807) is 0 Å². The van der Waals surface area contributed by atoms with Gasteiger partial charge in [0.25, 0.3) is 0 Å². The second kappa shape index (κ2) is 9.56. The van der Waals surface area contributed by atoms with Crippen molar-refractivity contribution in [1.29, 1.82) is 0 Å². The van der Waals surface area contributed by atoms with E-state index in [2.05, 4.69) is 10.3 Å². The molecule has 140 valence electrons. The van der Waals surface area contributed by atoms with Crippen LogP contribution in [0.3, 0.4) is 0 Å². The number of nitrogens with two attached hydrogens (primary N) is 1. The molecule has 5 nitrogen and oxygen atoms in total. The molecule has 1 atom stereocenters. The maximum absolute atomic E-state index is 13.4. The van der Waals surface area contributed by atoms with Crippen molar-refractivity contribution < 1.29 is 18.3 Å². The summed E-state index contributed by atoms with van der Waals surface area (Å²) in [4.78, 5) is 4.17. The number of halogens is 3. The predicted molar refractivity (Wildman–Crippen MR) is 106 cm³/mol. The van der Waals surface area contributed by atoms with Gasteiger partial charge in [0.2, 0.25) is 0 Å². The summed E-state index contributed by atoms with van der Waals surface area (Å²) in [6.07, 6.45) is 0.782. The Morgan fingerprint density at radius 1 is 1.27 bits per heavy atom. The molecule has 1 unspecified atom stereocenters. The first-order valence-electron chi connectivity index (χ1n) is 7.99. The summed E-state index contributed by atoms with van der Waals surface area (Å²) in [7, 11) is 0. The number of aliphatic imine (C=N–C) groups is 1. The molecular formula is C18H20F2IN3O2. The first-order valence-corrected chi connectivity index (χ1v) is 7.99. The number of hydrogen-bond acceptors (Lipinski definition) is 3. The minimum atomic E-state index is -0.742. The number of fused-ring (bicyclic) bond motifs is 1. The van der Waals surface area contributed by atoms with E-state index in [-0.39, 0.29) is 54.9 Å². The van der Waals surface area contributed by atoms with Gasteiger partial charge in [-0.05, 0) is 18.2 Å². The van der Waals surface area contributed by atoms with Crippen LogP contribution in [-0.4, -0.2) is 25.7 Å². The van der Waals surface area contributed by atoms with Crippen molar-refractivity contribution >= 4 is 29.9 Å². The van der Waals surface area contributed by atoms with Crippen LogP contribution in [0.5, 0.6) is 11.5 Å². The molecule has 0 saturated heterocycles. The zero-order valence-corrected chi connectivity index (χ0v) is 16.3. The van der Waals surface area contributed by atoms with Gasteiger partial charge in [0.15, 0.2) is 17.5 Å². The maximum atomic E-state index is 13.4. The van der Waals surface area contributed by atoms with Crippen LogP contribution >= 0.6 is 24.0 Å². The van der Waals surface area contributed by atoms with Crippen LogP contribution in [0.2, 0.25) is 0 Å². The molecule has 2 aromatic rings. The zero-order valence-electron chi connectivity index (χ0n) is 14.0. The Morgan fingerprint density at radius 3 is 2.88 bits per heavy atom. The van der Waals surface area contributed by atoms with Gasteiger partial charge in [-0.3, -0.25) is 0 Å². The van der Waals surface area contributed by atoms with Crippen LogP contribution in [0.1, 0.15) is 18.0 Å². The second-order valence-corrected chi connectivity index (χ2v) is 5.56. The number of hydrogen-bond donors (Lipinski definition) is 2. The summed E-state index contributed by atoms with van der Waals surface area (Å²) in [5.41, 5.74) is 6.95. The highest BCUT2D eigenvalue weighted by atomic mass is 127. The Bertz CT molecular complexity index is 774. The average Bonchev–Trinajstić information content (AvgIpc) is 2.60. The largest absolute Gasteiger partial charge is 0.493 e. The molecule has 2 aromatic carbocycles. The summed E-state index contributed by atoms with van der Waals surface area (Å²) in [5.74, 6) is -0.275. The van der Waals surface area contributed by atoms with E-state index < -0.39 is 11.6 Å². The minimum absolute atomic E-state index is 0. The van der Waals surface area contributed by atoms with E-state index in [9.17, 15) is 8.78 Å². The summed E-state index contributed by atoms with van der Waals surface area (Å²) < 4.78 is 37.1. The van der Waals surface area contributed by atoms with Gasteiger partial charge >= 0.3 is 0 Å². The van der Waals surface area contributed by atoms with Crippen LogP contribution in [0, 0.1) is 11.6 Å². The van der Waals surface area contributed by atoms with Crippen molar-refractivity contribution in [3.63, 3.8) is 0 Å². The molecule has 0 fully saturated rings. The van der Waals surface area contributed by atoms with Crippen molar-refractivity contribution in [3.8, 4) is 11.5 Å². The van der Waals surface area contributed by atoms with Crippen LogP contribution in [-0.2, 0) is 0 Å². The summed E-state index contributed by atoms with van der Waals surface area (Å²) >= 11 is 0. The molecule has 1 heterocycles. The van der Waals surface area contributed by atoms with E-state index in [1.165, 1.54) is 6.07 Å². The van der Waals surface area contributed by atoms with Crippen LogP contribution in [0.25, 0.3) is 0 Å². The third-order valence-electron chi connectivity index (χ3n) is 3.81. The molecule has 0 amide bonds. The first kappa shape index (κ1) is 20.2. The smallest absolute Gasteiger partial charge is 0.189 e. The minimum Gasteiger partial charge on any atom is -0.493 e. The Morgan fingerprint density at radius 2 is 2.08 bits per heavy atom. The Kier molecular flexibility index (Phi) is 7.43. The highest BCUT2D eigenvalue weighted by Crippen LogP contribution is 2.31. The second-order valence-electron chi connectivity index (χ2n) is 5.56. The Balaban J connectivity index is 0.00000243. The lowest BCUT2D eigenvalue weighted by atomic mass is 10.0. The summed E-state index contributed by atoms with van der Waals surface area (Å²) in [6, 6.07) is 11.0. The van der Waals surface area contributed by atoms with Crippen LogP contribution in [0.4, 0.5) is 8.78 Å². The lowest BCUT2D eigenvalue weighted by Crippen LogP contribution is -2.37. The van der Waals surface area contributed by atoms with Gasteiger partial charge < -0.3 is 20.5 Å². The van der Waals surface area contributed by atoms with Crippen molar-refractivity contribution in [2.45, 2.75) is 12.5 Å². The highest BCUT2D eigenvalue weighted by Gasteiger charge is 2.21. The molecule has 0 bridgehead atoms. The van der Waals surface area contributed by atoms with Crippen molar-refractivity contribution in [3.05, 3.63) is 59.7 Å². The molecular weight excluding hydrogens is 455 g/mol. The van der Waals surface area contributed by atoms with Crippen molar-refractivity contribution in [2.75, 3.05) is 19.8 Å². The third-order valence-corrected chi connectivity index (χ3v) is 3.81. The van der Waals surface area contributed by atoms with E-state index in [0.717, 1.165) is 29.9 Å². The number of ether oxygens (including phenoxy) is 2. The van der Waals surface area contributed by atoms with Gasteiger partial charge in [0.1, 0.15) is 18.2 Å². The molecule has 0 radical (unpaired) electrons. The van der Waals surface area contributed by atoms with E-state index in [1.807, 2.05) is 24.3 Å². The number of benzene rings is 2. The fourth-order valence-electron chi connectivity index (χ4n) is 2.63. The molecule has 1 aliphatic rings. The van der Waals surface area contributed by atoms with Crippen LogP contribution in [0.15, 0.2) is 47.5 Å². The zero-order chi connectivity index (χ0) is 17.6. The van der Waals surface area contributed by atoms with Gasteiger partial charge in [-0.1, -0.05) is 18.2 Å². The molecule has 3 rings (SSSR count). The summed E-state index contributed by atoms with van der Waals surface area (Å²) in [6.45, 7) is 0.991. The summed E-state index contributed by atoms with van der Waals surface area (Å²) in [5, 5.41) is 3.16. The first-order chi connectivity index (χ1) is 12.1. The standard InChI is InChI=1S/C18H19F2N3O2.HI/c19-12-5-6-17(14(20)11-12)25-10-8-22-18(21)23-15-7-9-24-16-4-2-1-3-13(15)16;/h1-6,11,15H,7-10H2,(H3,21,22,23);1H. The molecule has 3 N–H and O–H groups in total. The molecule has 0 aromatic heterocycles. The number of para-hydroxylation sites is 1. The molecule has 0 aliphatic carbocycles. The van der Waals surface area contributed by atoms with Gasteiger partial charge in [-0.25, -0.2) is 13.8 Å².